The number of cyclic esters (lactones) is 1. The van der Waals surface area contributed by atoms with Crippen LogP contribution in [0.25, 0.3) is 0 Å². The molecule has 1 unspecified atom stereocenters. The molecule has 2 rings (SSSR count). The molecule has 1 heterocycles. The quantitative estimate of drug-likeness (QED) is 0.756. The number of carbonyl (C=O) groups excluding carboxylic acids is 2. The zero-order valence-corrected chi connectivity index (χ0v) is 9.03. The van der Waals surface area contributed by atoms with Gasteiger partial charge < -0.3 is 10.1 Å². The predicted molar refractivity (Wildman–Crippen MR) is 58.0 cm³/mol. The van der Waals surface area contributed by atoms with Gasteiger partial charge in [0, 0.05) is 12.0 Å². The van der Waals surface area contributed by atoms with Crippen LogP contribution >= 0.6 is 0 Å². The molecular formula is C12H13NO3. The Hall–Kier alpha value is -1.84. The van der Waals surface area contributed by atoms with Gasteiger partial charge in [0.05, 0.1) is 6.61 Å². The Morgan fingerprint density at radius 1 is 1.44 bits per heavy atom. The van der Waals surface area contributed by atoms with E-state index in [-0.39, 0.29) is 11.9 Å². The van der Waals surface area contributed by atoms with Gasteiger partial charge in [-0.25, -0.2) is 4.79 Å². The largest absolute Gasteiger partial charge is 0.464 e. The van der Waals surface area contributed by atoms with Crippen molar-refractivity contribution < 1.29 is 14.3 Å². The summed E-state index contributed by atoms with van der Waals surface area (Å²) in [4.78, 5) is 23.0. The van der Waals surface area contributed by atoms with Crippen LogP contribution in [0.15, 0.2) is 24.3 Å². The molecule has 1 aromatic carbocycles. The monoisotopic (exact) mass is 219 g/mol. The second-order valence-electron chi connectivity index (χ2n) is 3.80. The molecule has 84 valence electrons. The highest BCUT2D eigenvalue weighted by Crippen LogP contribution is 2.10. The van der Waals surface area contributed by atoms with Gasteiger partial charge in [0.1, 0.15) is 6.04 Å². The Morgan fingerprint density at radius 3 is 2.81 bits per heavy atom. The van der Waals surface area contributed by atoms with Gasteiger partial charge in [0.15, 0.2) is 0 Å². The van der Waals surface area contributed by atoms with Crippen LogP contribution in [0.4, 0.5) is 0 Å². The zero-order chi connectivity index (χ0) is 11.5. The Kier molecular flexibility index (Phi) is 2.90. The highest BCUT2D eigenvalue weighted by atomic mass is 16.5. The standard InChI is InChI=1S/C12H13NO3/c1-8-4-2-3-5-9(8)11(14)13-10-6-7-16-12(10)15/h2-5,10H,6-7H2,1H3,(H,13,14). The summed E-state index contributed by atoms with van der Waals surface area (Å²) < 4.78 is 4.78. The number of aryl methyl sites for hydroxylation is 1. The maximum atomic E-state index is 11.8. The molecule has 16 heavy (non-hydrogen) atoms. The van der Waals surface area contributed by atoms with E-state index in [4.69, 9.17) is 4.74 Å². The summed E-state index contributed by atoms with van der Waals surface area (Å²) in [6.45, 7) is 2.25. The van der Waals surface area contributed by atoms with Crippen molar-refractivity contribution in [2.45, 2.75) is 19.4 Å². The van der Waals surface area contributed by atoms with Crippen LogP contribution in [0, 0.1) is 6.92 Å². The number of rotatable bonds is 2. The first-order chi connectivity index (χ1) is 7.68. The number of benzene rings is 1. The van der Waals surface area contributed by atoms with Crippen LogP contribution in [0.1, 0.15) is 22.3 Å². The molecule has 1 fully saturated rings. The Labute approximate surface area is 93.6 Å². The number of esters is 1. The summed E-state index contributed by atoms with van der Waals surface area (Å²) in [7, 11) is 0. The minimum atomic E-state index is -0.493. The molecule has 4 nitrogen and oxygen atoms in total. The third kappa shape index (κ3) is 2.05. The van der Waals surface area contributed by atoms with Crippen molar-refractivity contribution in [2.24, 2.45) is 0 Å². The number of nitrogens with one attached hydrogen (secondary N) is 1. The molecule has 0 spiro atoms. The minimum absolute atomic E-state index is 0.220. The number of hydrogen-bond acceptors (Lipinski definition) is 3. The van der Waals surface area contributed by atoms with E-state index in [0.717, 1.165) is 5.56 Å². The number of ether oxygens (including phenoxy) is 1. The third-order valence-electron chi connectivity index (χ3n) is 2.63. The molecule has 0 aromatic heterocycles. The molecule has 1 N–H and O–H groups in total. The fourth-order valence-electron chi connectivity index (χ4n) is 1.69. The summed E-state index contributed by atoms with van der Waals surface area (Å²) in [6, 6.07) is 6.78. The van der Waals surface area contributed by atoms with Gasteiger partial charge in [-0.3, -0.25) is 4.79 Å². The van der Waals surface area contributed by atoms with Crippen molar-refractivity contribution in [1.82, 2.24) is 5.32 Å². The van der Waals surface area contributed by atoms with Crippen LogP contribution in [0.2, 0.25) is 0 Å². The molecule has 1 aromatic rings. The smallest absolute Gasteiger partial charge is 0.328 e. The van der Waals surface area contributed by atoms with Gasteiger partial charge in [0.2, 0.25) is 0 Å². The van der Waals surface area contributed by atoms with Gasteiger partial charge in [0.25, 0.3) is 5.91 Å². The molecule has 1 aliphatic rings. The van der Waals surface area contributed by atoms with Crippen molar-refractivity contribution in [1.29, 1.82) is 0 Å². The van der Waals surface area contributed by atoms with Gasteiger partial charge in [-0.15, -0.1) is 0 Å². The highest BCUT2D eigenvalue weighted by molar-refractivity contribution is 5.98. The second-order valence-corrected chi connectivity index (χ2v) is 3.80. The van der Waals surface area contributed by atoms with Gasteiger partial charge in [-0.2, -0.15) is 0 Å². The summed E-state index contributed by atoms with van der Waals surface area (Å²) in [5, 5.41) is 2.67. The molecular weight excluding hydrogens is 206 g/mol. The lowest BCUT2D eigenvalue weighted by Crippen LogP contribution is -2.38. The van der Waals surface area contributed by atoms with Crippen LogP contribution < -0.4 is 5.32 Å². The van der Waals surface area contributed by atoms with Crippen LogP contribution in [-0.4, -0.2) is 24.5 Å². The van der Waals surface area contributed by atoms with Crippen molar-refractivity contribution in [2.75, 3.05) is 6.61 Å². The average molecular weight is 219 g/mol. The third-order valence-corrected chi connectivity index (χ3v) is 2.63. The fourth-order valence-corrected chi connectivity index (χ4v) is 1.69. The minimum Gasteiger partial charge on any atom is -0.464 e. The SMILES string of the molecule is Cc1ccccc1C(=O)NC1CCOC1=O. The Balaban J connectivity index is 2.09. The topological polar surface area (TPSA) is 55.4 Å². The Morgan fingerprint density at radius 2 is 2.19 bits per heavy atom. The molecule has 0 radical (unpaired) electrons. The van der Waals surface area contributed by atoms with Crippen molar-refractivity contribution in [3.63, 3.8) is 0 Å². The van der Waals surface area contributed by atoms with E-state index < -0.39 is 6.04 Å². The van der Waals surface area contributed by atoms with Crippen molar-refractivity contribution in [3.8, 4) is 0 Å². The zero-order valence-electron chi connectivity index (χ0n) is 9.03. The summed E-state index contributed by atoms with van der Waals surface area (Å²) in [5.74, 6) is -0.566. The molecule has 0 saturated carbocycles. The van der Waals surface area contributed by atoms with E-state index in [1.807, 2.05) is 19.1 Å². The lowest BCUT2D eigenvalue weighted by atomic mass is 10.1. The average Bonchev–Trinajstić information content (AvgIpc) is 2.65. The van der Waals surface area contributed by atoms with Crippen molar-refractivity contribution >= 4 is 11.9 Å². The van der Waals surface area contributed by atoms with E-state index in [0.29, 0.717) is 18.6 Å². The first-order valence-corrected chi connectivity index (χ1v) is 5.21. The van der Waals surface area contributed by atoms with Crippen LogP contribution in [0.3, 0.4) is 0 Å². The van der Waals surface area contributed by atoms with E-state index in [1.165, 1.54) is 0 Å². The van der Waals surface area contributed by atoms with Crippen LogP contribution in [-0.2, 0) is 9.53 Å². The summed E-state index contributed by atoms with van der Waals surface area (Å²) in [6.07, 6.45) is 0.552. The van der Waals surface area contributed by atoms with E-state index in [9.17, 15) is 9.59 Å². The molecule has 1 saturated heterocycles. The van der Waals surface area contributed by atoms with Crippen molar-refractivity contribution in [3.05, 3.63) is 35.4 Å². The van der Waals surface area contributed by atoms with Gasteiger partial charge in [-0.05, 0) is 18.6 Å². The molecule has 1 atom stereocenters. The first-order valence-electron chi connectivity index (χ1n) is 5.21. The molecule has 0 aliphatic carbocycles. The lowest BCUT2D eigenvalue weighted by molar-refractivity contribution is -0.139. The maximum absolute atomic E-state index is 11.8. The second kappa shape index (κ2) is 4.35. The van der Waals surface area contributed by atoms with E-state index in [2.05, 4.69) is 5.32 Å². The lowest BCUT2D eigenvalue weighted by Gasteiger charge is -2.10. The van der Waals surface area contributed by atoms with Gasteiger partial charge >= 0.3 is 5.97 Å². The predicted octanol–water partition coefficient (Wildman–Crippen LogP) is 1.04. The summed E-state index contributed by atoms with van der Waals surface area (Å²) >= 11 is 0. The number of carbonyl (C=O) groups is 2. The normalized spacial score (nSPS) is 19.3. The number of hydrogen-bond donors (Lipinski definition) is 1. The van der Waals surface area contributed by atoms with Gasteiger partial charge in [-0.1, -0.05) is 18.2 Å². The first kappa shape index (κ1) is 10.7. The highest BCUT2D eigenvalue weighted by Gasteiger charge is 2.28. The van der Waals surface area contributed by atoms with E-state index in [1.54, 1.807) is 12.1 Å². The number of amides is 1. The molecule has 0 bridgehead atoms. The maximum Gasteiger partial charge on any atom is 0.328 e. The molecule has 1 amide bonds. The van der Waals surface area contributed by atoms with Crippen LogP contribution in [0.5, 0.6) is 0 Å². The van der Waals surface area contributed by atoms with E-state index >= 15 is 0 Å². The molecule has 4 heteroatoms. The summed E-state index contributed by atoms with van der Waals surface area (Å²) in [5.41, 5.74) is 1.49. The Bertz CT molecular complexity index is 428. The molecule has 1 aliphatic heterocycles. The fraction of sp³-hybridized carbons (Fsp3) is 0.333.